The number of hydrogen-bond donors (Lipinski definition) is 1. The van der Waals surface area contributed by atoms with Gasteiger partial charge in [0.2, 0.25) is 0 Å². The van der Waals surface area contributed by atoms with Crippen molar-refractivity contribution in [2.45, 2.75) is 50.7 Å². The lowest BCUT2D eigenvalue weighted by Gasteiger charge is -2.44. The largest absolute Gasteiger partial charge is 0.393 e. The van der Waals surface area contributed by atoms with E-state index in [0.717, 1.165) is 25.9 Å². The third-order valence-corrected chi connectivity index (χ3v) is 4.88. The highest BCUT2D eigenvalue weighted by Gasteiger charge is 2.40. The first-order valence-electron chi connectivity index (χ1n) is 6.15. The van der Waals surface area contributed by atoms with Crippen LogP contribution in [0.3, 0.4) is 0 Å². The Morgan fingerprint density at radius 3 is 2.87 bits per heavy atom. The van der Waals surface area contributed by atoms with Crippen molar-refractivity contribution in [2.24, 2.45) is 5.92 Å². The average molecular weight is 230 g/mol. The van der Waals surface area contributed by atoms with Crippen LogP contribution in [-0.4, -0.2) is 34.9 Å². The normalized spacial score (nSPS) is 32.8. The third-order valence-electron chi connectivity index (χ3n) is 3.90. The zero-order valence-electron chi connectivity index (χ0n) is 9.58. The summed E-state index contributed by atoms with van der Waals surface area (Å²) in [5.74, 6) is 2.94. The van der Waals surface area contributed by atoms with Gasteiger partial charge in [-0.2, -0.15) is 11.8 Å². The van der Waals surface area contributed by atoms with Gasteiger partial charge in [-0.3, -0.25) is 0 Å². The molecule has 88 valence electrons. The van der Waals surface area contributed by atoms with Crippen LogP contribution in [0.1, 0.15) is 39.0 Å². The first-order valence-corrected chi connectivity index (χ1v) is 7.31. The molecule has 2 unspecified atom stereocenters. The summed E-state index contributed by atoms with van der Waals surface area (Å²) in [7, 11) is 0. The molecule has 2 aliphatic heterocycles. The summed E-state index contributed by atoms with van der Waals surface area (Å²) >= 11 is 2.04. The smallest absolute Gasteiger partial charge is 0.0701 e. The van der Waals surface area contributed by atoms with E-state index in [9.17, 15) is 5.11 Å². The molecule has 1 N–H and O–H groups in total. The molecule has 0 aromatic rings. The van der Waals surface area contributed by atoms with Crippen LogP contribution in [0.25, 0.3) is 0 Å². The minimum Gasteiger partial charge on any atom is -0.393 e. The molecule has 15 heavy (non-hydrogen) atoms. The summed E-state index contributed by atoms with van der Waals surface area (Å²) in [4.78, 5) is 0. The van der Waals surface area contributed by atoms with E-state index in [4.69, 9.17) is 4.74 Å². The maximum Gasteiger partial charge on any atom is 0.0701 e. The lowest BCUT2D eigenvalue weighted by molar-refractivity contribution is -0.120. The first-order chi connectivity index (χ1) is 7.26. The Kier molecular flexibility index (Phi) is 3.97. The number of thioether (sulfide) groups is 1. The fourth-order valence-corrected chi connectivity index (χ4v) is 4.06. The lowest BCUT2D eigenvalue weighted by atomic mass is 9.79. The predicted octanol–water partition coefficient (Wildman–Crippen LogP) is 2.45. The minimum absolute atomic E-state index is 0.111. The number of aliphatic hydroxyl groups excluding tert-OH is 1. The van der Waals surface area contributed by atoms with E-state index < -0.39 is 0 Å². The summed E-state index contributed by atoms with van der Waals surface area (Å²) in [6.07, 6.45) is 5.28. The van der Waals surface area contributed by atoms with E-state index in [1.165, 1.54) is 24.3 Å². The molecule has 2 aliphatic rings. The molecular weight excluding hydrogens is 208 g/mol. The molecule has 2 rings (SSSR count). The van der Waals surface area contributed by atoms with Crippen LogP contribution in [0.5, 0.6) is 0 Å². The molecule has 2 atom stereocenters. The molecule has 2 heterocycles. The minimum atomic E-state index is -0.111. The molecule has 0 aliphatic carbocycles. The van der Waals surface area contributed by atoms with Crippen LogP contribution in [0.4, 0.5) is 0 Å². The maximum absolute atomic E-state index is 9.94. The van der Waals surface area contributed by atoms with Crippen molar-refractivity contribution in [3.63, 3.8) is 0 Å². The summed E-state index contributed by atoms with van der Waals surface area (Å²) in [6, 6.07) is 0. The van der Waals surface area contributed by atoms with Crippen LogP contribution in [-0.2, 0) is 4.74 Å². The van der Waals surface area contributed by atoms with E-state index in [1.807, 2.05) is 11.8 Å². The molecule has 0 radical (unpaired) electrons. The van der Waals surface area contributed by atoms with Crippen molar-refractivity contribution in [3.05, 3.63) is 0 Å². The topological polar surface area (TPSA) is 29.5 Å². The molecule has 0 aromatic carbocycles. The summed E-state index contributed by atoms with van der Waals surface area (Å²) in [5.41, 5.74) is 0.129. The van der Waals surface area contributed by atoms with Gasteiger partial charge >= 0.3 is 0 Å². The molecule has 2 fully saturated rings. The summed E-state index contributed by atoms with van der Waals surface area (Å²) < 4.78 is 6.01. The van der Waals surface area contributed by atoms with Crippen molar-refractivity contribution >= 4 is 11.8 Å². The highest BCUT2D eigenvalue weighted by molar-refractivity contribution is 7.99. The van der Waals surface area contributed by atoms with E-state index in [-0.39, 0.29) is 11.7 Å². The zero-order valence-corrected chi connectivity index (χ0v) is 10.4. The number of ether oxygens (including phenoxy) is 1. The van der Waals surface area contributed by atoms with Crippen LogP contribution in [0.15, 0.2) is 0 Å². The van der Waals surface area contributed by atoms with E-state index in [2.05, 4.69) is 6.92 Å². The number of rotatable bonds is 2. The molecule has 0 amide bonds. The quantitative estimate of drug-likeness (QED) is 0.790. The van der Waals surface area contributed by atoms with Crippen molar-refractivity contribution in [2.75, 3.05) is 18.1 Å². The van der Waals surface area contributed by atoms with Crippen molar-refractivity contribution < 1.29 is 9.84 Å². The van der Waals surface area contributed by atoms with Crippen LogP contribution in [0.2, 0.25) is 0 Å². The molecule has 3 heteroatoms. The standard InChI is InChI=1S/C12H22O2S/c1-2-11(13)10-3-6-14-12(9-10)4-7-15-8-5-12/h10-11,13H,2-9H2,1H3. The lowest BCUT2D eigenvalue weighted by Crippen LogP contribution is -2.45. The van der Waals surface area contributed by atoms with Crippen molar-refractivity contribution in [1.82, 2.24) is 0 Å². The number of aliphatic hydroxyl groups is 1. The fraction of sp³-hybridized carbons (Fsp3) is 1.00. The Hall–Kier alpha value is 0.270. The second-order valence-corrected chi connectivity index (χ2v) is 6.10. The van der Waals surface area contributed by atoms with Gasteiger partial charge in [0.15, 0.2) is 0 Å². The van der Waals surface area contributed by atoms with Gasteiger partial charge in [0, 0.05) is 6.61 Å². The molecule has 0 bridgehead atoms. The average Bonchev–Trinajstić information content (AvgIpc) is 2.29. The van der Waals surface area contributed by atoms with Gasteiger partial charge in [0.05, 0.1) is 11.7 Å². The second-order valence-electron chi connectivity index (χ2n) is 4.87. The molecule has 0 saturated carbocycles. The molecule has 2 nitrogen and oxygen atoms in total. The van der Waals surface area contributed by atoms with Gasteiger partial charge in [-0.25, -0.2) is 0 Å². The van der Waals surface area contributed by atoms with E-state index in [1.54, 1.807) is 0 Å². The monoisotopic (exact) mass is 230 g/mol. The van der Waals surface area contributed by atoms with E-state index >= 15 is 0 Å². The Morgan fingerprint density at radius 2 is 2.20 bits per heavy atom. The second kappa shape index (κ2) is 5.07. The van der Waals surface area contributed by atoms with Gasteiger partial charge in [-0.15, -0.1) is 0 Å². The highest BCUT2D eigenvalue weighted by atomic mass is 32.2. The van der Waals surface area contributed by atoms with Gasteiger partial charge in [0.25, 0.3) is 0 Å². The van der Waals surface area contributed by atoms with Gasteiger partial charge in [-0.05, 0) is 49.5 Å². The van der Waals surface area contributed by atoms with E-state index in [0.29, 0.717) is 5.92 Å². The highest BCUT2D eigenvalue weighted by Crippen LogP contribution is 2.40. The maximum atomic E-state index is 9.94. The van der Waals surface area contributed by atoms with Crippen molar-refractivity contribution in [1.29, 1.82) is 0 Å². The molecule has 0 aromatic heterocycles. The molecule has 2 saturated heterocycles. The Bertz CT molecular complexity index is 196. The number of hydrogen-bond acceptors (Lipinski definition) is 3. The third kappa shape index (κ3) is 2.69. The van der Waals surface area contributed by atoms with Gasteiger partial charge < -0.3 is 9.84 Å². The van der Waals surface area contributed by atoms with Crippen LogP contribution in [0, 0.1) is 5.92 Å². The Morgan fingerprint density at radius 1 is 1.47 bits per heavy atom. The van der Waals surface area contributed by atoms with Gasteiger partial charge in [-0.1, -0.05) is 6.92 Å². The SMILES string of the molecule is CCC(O)C1CCOC2(CCSCC2)C1. The predicted molar refractivity (Wildman–Crippen MR) is 64.3 cm³/mol. The van der Waals surface area contributed by atoms with Gasteiger partial charge in [0.1, 0.15) is 0 Å². The molecule has 1 spiro atoms. The zero-order chi connectivity index (χ0) is 10.7. The first kappa shape index (κ1) is 11.7. The molecular formula is C12H22O2S. The van der Waals surface area contributed by atoms with Crippen molar-refractivity contribution in [3.8, 4) is 0 Å². The van der Waals surface area contributed by atoms with Crippen LogP contribution >= 0.6 is 11.8 Å². The summed E-state index contributed by atoms with van der Waals surface area (Å²) in [6.45, 7) is 2.93. The fourth-order valence-electron chi connectivity index (χ4n) is 2.82. The van der Waals surface area contributed by atoms with Crippen LogP contribution < -0.4 is 0 Å². The Labute approximate surface area is 96.8 Å². The Balaban J connectivity index is 1.96. The summed E-state index contributed by atoms with van der Waals surface area (Å²) in [5, 5.41) is 9.94.